The van der Waals surface area contributed by atoms with Crippen LogP contribution in [0.25, 0.3) is 0 Å². The molecule has 1 fully saturated rings. The Morgan fingerprint density at radius 2 is 1.79 bits per heavy atom. The van der Waals surface area contributed by atoms with Crippen LogP contribution in [-0.2, 0) is 14.3 Å². The average molecular weight is 285 g/mol. The molecular formula is C11H18F3NO4. The van der Waals surface area contributed by atoms with E-state index in [1.807, 2.05) is 0 Å². The van der Waals surface area contributed by atoms with Crippen molar-refractivity contribution in [2.45, 2.75) is 45.0 Å². The van der Waals surface area contributed by atoms with Crippen LogP contribution in [0.4, 0.5) is 13.2 Å². The molecule has 112 valence electrons. The van der Waals surface area contributed by atoms with Crippen LogP contribution in [0, 0.1) is 5.92 Å². The third-order valence-corrected chi connectivity index (χ3v) is 2.40. The number of rotatable bonds is 4. The number of carbonyl (C=O) groups is 2. The predicted octanol–water partition coefficient (Wildman–Crippen LogP) is 1.35. The van der Waals surface area contributed by atoms with Crippen LogP contribution in [-0.4, -0.2) is 41.3 Å². The van der Waals surface area contributed by atoms with Crippen molar-refractivity contribution in [2.24, 2.45) is 11.7 Å². The summed E-state index contributed by atoms with van der Waals surface area (Å²) in [6, 6.07) is -0.350. The number of carboxylic acid groups (broad SMARTS) is 1. The highest BCUT2D eigenvalue weighted by Crippen LogP contribution is 2.28. The number of hydrogen-bond acceptors (Lipinski definition) is 4. The van der Waals surface area contributed by atoms with Crippen LogP contribution < -0.4 is 5.73 Å². The molecule has 0 aromatic carbocycles. The molecule has 0 bridgehead atoms. The zero-order chi connectivity index (χ0) is 15.4. The Morgan fingerprint density at radius 1 is 1.42 bits per heavy atom. The normalized spacial score (nSPS) is 23.4. The quantitative estimate of drug-likeness (QED) is 0.761. The lowest BCUT2D eigenvalue weighted by molar-refractivity contribution is -0.192. The second-order valence-corrected chi connectivity index (χ2v) is 4.92. The Morgan fingerprint density at radius 3 is 2.00 bits per heavy atom. The summed E-state index contributed by atoms with van der Waals surface area (Å²) in [6.07, 6.45) is -4.34. The van der Waals surface area contributed by atoms with Gasteiger partial charge in [0.05, 0.1) is 12.6 Å². The third kappa shape index (κ3) is 6.53. The van der Waals surface area contributed by atoms with Gasteiger partial charge in [0.25, 0.3) is 0 Å². The molecule has 1 saturated heterocycles. The molecule has 0 aromatic rings. The minimum Gasteiger partial charge on any atom is -0.475 e. The van der Waals surface area contributed by atoms with Crippen LogP contribution >= 0.6 is 0 Å². The summed E-state index contributed by atoms with van der Waals surface area (Å²) in [6.45, 7) is 6.46. The van der Waals surface area contributed by atoms with Crippen molar-refractivity contribution in [3.05, 3.63) is 0 Å². The van der Waals surface area contributed by atoms with Crippen molar-refractivity contribution < 1.29 is 32.6 Å². The van der Waals surface area contributed by atoms with Gasteiger partial charge in [-0.3, -0.25) is 4.79 Å². The van der Waals surface area contributed by atoms with Gasteiger partial charge in [0.1, 0.15) is 5.60 Å². The highest BCUT2D eigenvalue weighted by Gasteiger charge is 2.48. The van der Waals surface area contributed by atoms with Gasteiger partial charge in [-0.25, -0.2) is 4.79 Å². The van der Waals surface area contributed by atoms with E-state index in [4.69, 9.17) is 20.4 Å². The lowest BCUT2D eigenvalue weighted by atomic mass is 9.94. The largest absolute Gasteiger partial charge is 0.490 e. The molecule has 8 heteroatoms. The first-order valence-electron chi connectivity index (χ1n) is 5.64. The number of alkyl halides is 3. The number of halogens is 3. The monoisotopic (exact) mass is 285 g/mol. The molecule has 0 aromatic heterocycles. The van der Waals surface area contributed by atoms with E-state index in [2.05, 4.69) is 13.8 Å². The predicted molar refractivity (Wildman–Crippen MR) is 60.5 cm³/mol. The number of nitrogens with two attached hydrogens (primary N) is 1. The number of ketones is 1. The van der Waals surface area contributed by atoms with E-state index >= 15 is 0 Å². The maximum Gasteiger partial charge on any atom is 0.490 e. The van der Waals surface area contributed by atoms with Crippen LogP contribution in [0.5, 0.6) is 0 Å². The van der Waals surface area contributed by atoms with E-state index in [0.717, 1.165) is 6.42 Å². The summed E-state index contributed by atoms with van der Waals surface area (Å²) in [5.41, 5.74) is 5.17. The van der Waals surface area contributed by atoms with Gasteiger partial charge >= 0.3 is 12.1 Å². The summed E-state index contributed by atoms with van der Waals surface area (Å²) >= 11 is 0. The maximum absolute atomic E-state index is 11.5. The minimum absolute atomic E-state index is 0.0520. The summed E-state index contributed by atoms with van der Waals surface area (Å²) in [5.74, 6) is -2.24. The lowest BCUT2D eigenvalue weighted by Gasteiger charge is -2.14. The van der Waals surface area contributed by atoms with Crippen LogP contribution in [0.2, 0.25) is 0 Å². The first-order chi connectivity index (χ1) is 8.40. The van der Waals surface area contributed by atoms with Crippen molar-refractivity contribution in [3.8, 4) is 0 Å². The maximum atomic E-state index is 11.5. The Labute approximate surface area is 108 Å². The first-order valence-corrected chi connectivity index (χ1v) is 5.64. The fourth-order valence-corrected chi connectivity index (χ4v) is 1.26. The molecule has 1 aliphatic rings. The van der Waals surface area contributed by atoms with Gasteiger partial charge < -0.3 is 15.6 Å². The third-order valence-electron chi connectivity index (χ3n) is 2.40. The second-order valence-electron chi connectivity index (χ2n) is 4.92. The Kier molecular flexibility index (Phi) is 5.95. The number of hydrogen-bond donors (Lipinski definition) is 2. The minimum atomic E-state index is -5.08. The number of epoxide rings is 1. The van der Waals surface area contributed by atoms with Gasteiger partial charge in [-0.2, -0.15) is 13.2 Å². The molecule has 1 aliphatic heterocycles. The fraction of sp³-hybridized carbons (Fsp3) is 0.818. The summed E-state index contributed by atoms with van der Waals surface area (Å²) in [7, 11) is 0. The van der Waals surface area contributed by atoms with Gasteiger partial charge in [0.15, 0.2) is 5.78 Å². The van der Waals surface area contributed by atoms with E-state index in [9.17, 15) is 18.0 Å². The van der Waals surface area contributed by atoms with Gasteiger partial charge in [-0.05, 0) is 19.3 Å². The summed E-state index contributed by atoms with van der Waals surface area (Å²) in [4.78, 5) is 20.4. The number of aliphatic carboxylic acids is 1. The van der Waals surface area contributed by atoms with Gasteiger partial charge in [0.2, 0.25) is 0 Å². The van der Waals surface area contributed by atoms with Gasteiger partial charge in [-0.1, -0.05) is 13.8 Å². The van der Waals surface area contributed by atoms with Crippen molar-refractivity contribution >= 4 is 11.8 Å². The highest BCUT2D eigenvalue weighted by atomic mass is 19.4. The topological polar surface area (TPSA) is 92.9 Å². The molecular weight excluding hydrogens is 267 g/mol. The molecule has 0 aliphatic carbocycles. The molecule has 5 nitrogen and oxygen atoms in total. The Balaban J connectivity index is 0.000000399. The molecule has 0 spiro atoms. The molecule has 19 heavy (non-hydrogen) atoms. The lowest BCUT2D eigenvalue weighted by Crippen LogP contribution is -2.40. The van der Waals surface area contributed by atoms with Crippen LogP contribution in [0.15, 0.2) is 0 Å². The zero-order valence-corrected chi connectivity index (χ0v) is 11.0. The van der Waals surface area contributed by atoms with E-state index in [0.29, 0.717) is 12.5 Å². The van der Waals surface area contributed by atoms with E-state index in [1.54, 1.807) is 6.92 Å². The molecule has 0 amide bonds. The van der Waals surface area contributed by atoms with Crippen molar-refractivity contribution in [3.63, 3.8) is 0 Å². The van der Waals surface area contributed by atoms with Crippen molar-refractivity contribution in [1.29, 1.82) is 0 Å². The van der Waals surface area contributed by atoms with E-state index in [-0.39, 0.29) is 11.8 Å². The fourth-order valence-electron chi connectivity index (χ4n) is 1.26. The Bertz CT molecular complexity index is 337. The summed E-state index contributed by atoms with van der Waals surface area (Å²) < 4.78 is 36.8. The molecule has 0 saturated carbocycles. The van der Waals surface area contributed by atoms with E-state index in [1.165, 1.54) is 0 Å². The van der Waals surface area contributed by atoms with E-state index < -0.39 is 17.7 Å². The molecule has 0 radical (unpaired) electrons. The van der Waals surface area contributed by atoms with Crippen LogP contribution in [0.3, 0.4) is 0 Å². The zero-order valence-electron chi connectivity index (χ0n) is 11.0. The molecule has 1 heterocycles. The second kappa shape index (κ2) is 6.33. The Hall–Kier alpha value is -1.15. The smallest absolute Gasteiger partial charge is 0.475 e. The van der Waals surface area contributed by atoms with Crippen molar-refractivity contribution in [1.82, 2.24) is 0 Å². The summed E-state index contributed by atoms with van der Waals surface area (Å²) in [5, 5.41) is 7.12. The van der Waals surface area contributed by atoms with Gasteiger partial charge in [0, 0.05) is 0 Å². The molecule has 2 atom stereocenters. The molecule has 1 rings (SSSR count). The standard InChI is InChI=1S/C9H17NO2.C2HF3O2/c1-6(2)4-7(10)8(11)9(3)5-12-9;3-2(4,5)1(6)7/h6-7H,4-5,10H2,1-3H3;(H,6,7)/t7-,9?;/m0./s1. The number of Topliss-reactive ketones (excluding diaryl/α,β-unsaturated/α-hetero) is 1. The average Bonchev–Trinajstić information content (AvgIpc) is 2.95. The molecule has 1 unspecified atom stereocenters. The number of carboxylic acids is 1. The first kappa shape index (κ1) is 17.8. The highest BCUT2D eigenvalue weighted by molar-refractivity contribution is 5.93. The van der Waals surface area contributed by atoms with Crippen molar-refractivity contribution in [2.75, 3.05) is 6.61 Å². The van der Waals surface area contributed by atoms with Crippen LogP contribution in [0.1, 0.15) is 27.2 Å². The number of ether oxygens (including phenoxy) is 1. The SMILES string of the molecule is CC(C)C[C@H](N)C(=O)C1(C)CO1.O=C(O)C(F)(F)F. The number of carbonyl (C=O) groups excluding carboxylic acids is 1. The molecule has 3 N–H and O–H groups in total. The van der Waals surface area contributed by atoms with Gasteiger partial charge in [-0.15, -0.1) is 0 Å².